The summed E-state index contributed by atoms with van der Waals surface area (Å²) < 4.78 is 0. The van der Waals surface area contributed by atoms with E-state index in [0.717, 1.165) is 49.0 Å². The van der Waals surface area contributed by atoms with Crippen LogP contribution in [-0.2, 0) is 11.2 Å². The summed E-state index contributed by atoms with van der Waals surface area (Å²) in [6.07, 6.45) is 3.70. The number of nitrogens with zero attached hydrogens (tertiary/aromatic N) is 2. The maximum Gasteiger partial charge on any atom is 0.222 e. The zero-order valence-corrected chi connectivity index (χ0v) is 11.4. The molecule has 2 heterocycles. The van der Waals surface area contributed by atoms with Gasteiger partial charge in [-0.1, -0.05) is 6.92 Å². The van der Waals surface area contributed by atoms with Gasteiger partial charge >= 0.3 is 0 Å². The number of aryl methyl sites for hydroxylation is 2. The number of carbonyl (C=O) groups is 1. The third-order valence-electron chi connectivity index (χ3n) is 3.40. The minimum Gasteiger partial charge on any atom is -0.343 e. The largest absolute Gasteiger partial charge is 0.343 e. The van der Waals surface area contributed by atoms with Gasteiger partial charge in [0.25, 0.3) is 0 Å². The Balaban J connectivity index is 1.77. The van der Waals surface area contributed by atoms with E-state index >= 15 is 0 Å². The van der Waals surface area contributed by atoms with Crippen molar-refractivity contribution in [1.29, 1.82) is 0 Å². The average Bonchev–Trinajstić information content (AvgIpc) is 2.73. The van der Waals surface area contributed by atoms with Gasteiger partial charge in [-0.2, -0.15) is 0 Å². The molecule has 0 aliphatic carbocycles. The van der Waals surface area contributed by atoms with Crippen molar-refractivity contribution in [2.45, 2.75) is 39.5 Å². The van der Waals surface area contributed by atoms with Crippen molar-refractivity contribution >= 4 is 17.2 Å². The molecule has 17 heavy (non-hydrogen) atoms. The molecule has 1 aliphatic rings. The molecule has 0 N–H and O–H groups in total. The number of rotatable bonds is 3. The molecular weight excluding hydrogens is 232 g/mol. The van der Waals surface area contributed by atoms with Gasteiger partial charge in [-0.25, -0.2) is 4.98 Å². The van der Waals surface area contributed by atoms with Crippen molar-refractivity contribution in [3.8, 4) is 0 Å². The molecule has 3 nitrogen and oxygen atoms in total. The molecule has 1 aromatic heterocycles. The van der Waals surface area contributed by atoms with Gasteiger partial charge in [0.05, 0.1) is 10.7 Å². The fourth-order valence-corrected chi connectivity index (χ4v) is 2.82. The monoisotopic (exact) mass is 252 g/mol. The van der Waals surface area contributed by atoms with Gasteiger partial charge in [-0.15, -0.1) is 11.3 Å². The summed E-state index contributed by atoms with van der Waals surface area (Å²) in [6.45, 7) is 6.15. The Morgan fingerprint density at radius 3 is 2.82 bits per heavy atom. The molecular formula is C13H20N2OS. The van der Waals surface area contributed by atoms with E-state index < -0.39 is 0 Å². The molecule has 1 saturated heterocycles. The van der Waals surface area contributed by atoms with Crippen LogP contribution in [0.15, 0.2) is 5.38 Å². The topological polar surface area (TPSA) is 33.2 Å². The molecule has 1 aliphatic heterocycles. The van der Waals surface area contributed by atoms with Gasteiger partial charge in [-0.3, -0.25) is 4.79 Å². The quantitative estimate of drug-likeness (QED) is 0.828. The van der Waals surface area contributed by atoms with Gasteiger partial charge in [-0.05, 0) is 32.1 Å². The molecule has 1 amide bonds. The van der Waals surface area contributed by atoms with Crippen LogP contribution < -0.4 is 0 Å². The molecule has 2 rings (SSSR count). The highest BCUT2D eigenvalue weighted by molar-refractivity contribution is 7.09. The number of hydrogen-bond acceptors (Lipinski definition) is 3. The molecule has 0 aromatic carbocycles. The zero-order valence-electron chi connectivity index (χ0n) is 10.6. The average molecular weight is 252 g/mol. The Labute approximate surface area is 107 Å². The van der Waals surface area contributed by atoms with Crippen molar-refractivity contribution in [2.24, 2.45) is 5.92 Å². The molecule has 0 bridgehead atoms. The van der Waals surface area contributed by atoms with Crippen LogP contribution in [0.2, 0.25) is 0 Å². The first-order valence-corrected chi connectivity index (χ1v) is 7.22. The minimum absolute atomic E-state index is 0.294. The summed E-state index contributed by atoms with van der Waals surface area (Å²) in [5.74, 6) is 1.07. The SMILES string of the molecule is Cc1nc(CCC(=O)N2CCC(C)CC2)cs1. The Kier molecular flexibility index (Phi) is 4.15. The van der Waals surface area contributed by atoms with Crippen LogP contribution in [0.3, 0.4) is 0 Å². The predicted molar refractivity (Wildman–Crippen MR) is 70.2 cm³/mol. The second-order valence-electron chi connectivity index (χ2n) is 4.92. The standard InChI is InChI=1S/C13H20N2OS/c1-10-5-7-15(8-6-10)13(16)4-3-12-9-17-11(2)14-12/h9-10H,3-8H2,1-2H3. The summed E-state index contributed by atoms with van der Waals surface area (Å²) in [7, 11) is 0. The second kappa shape index (κ2) is 5.63. The maximum atomic E-state index is 12.0. The van der Waals surface area contributed by atoms with Crippen molar-refractivity contribution in [3.05, 3.63) is 16.1 Å². The number of thiazole rings is 1. The Morgan fingerprint density at radius 2 is 2.24 bits per heavy atom. The molecule has 0 saturated carbocycles. The third kappa shape index (κ3) is 3.53. The number of piperidine rings is 1. The van der Waals surface area contributed by atoms with Crippen molar-refractivity contribution < 1.29 is 4.79 Å². The fraction of sp³-hybridized carbons (Fsp3) is 0.692. The van der Waals surface area contributed by atoms with Gasteiger partial charge in [0.15, 0.2) is 0 Å². The van der Waals surface area contributed by atoms with Crippen LogP contribution in [0, 0.1) is 12.8 Å². The van der Waals surface area contributed by atoms with E-state index in [9.17, 15) is 4.79 Å². The number of carbonyl (C=O) groups excluding carboxylic acids is 1. The predicted octanol–water partition coefficient (Wildman–Crippen LogP) is 2.64. The molecule has 4 heteroatoms. The molecule has 1 aromatic rings. The molecule has 1 fully saturated rings. The molecule has 0 atom stereocenters. The van der Waals surface area contributed by atoms with Crippen molar-refractivity contribution in [2.75, 3.05) is 13.1 Å². The molecule has 0 unspecified atom stereocenters. The second-order valence-corrected chi connectivity index (χ2v) is 5.98. The van der Waals surface area contributed by atoms with Crippen LogP contribution in [0.25, 0.3) is 0 Å². The summed E-state index contributed by atoms with van der Waals surface area (Å²) in [5, 5.41) is 3.14. The van der Waals surface area contributed by atoms with Crippen LogP contribution >= 0.6 is 11.3 Å². The highest BCUT2D eigenvalue weighted by Crippen LogP contribution is 2.17. The first-order valence-electron chi connectivity index (χ1n) is 6.34. The van der Waals surface area contributed by atoms with E-state index in [1.165, 1.54) is 0 Å². The highest BCUT2D eigenvalue weighted by atomic mass is 32.1. The Hall–Kier alpha value is -0.900. The van der Waals surface area contributed by atoms with E-state index in [1.807, 2.05) is 11.8 Å². The first kappa shape index (κ1) is 12.6. The van der Waals surface area contributed by atoms with E-state index in [0.29, 0.717) is 12.3 Å². The number of aromatic nitrogens is 1. The lowest BCUT2D eigenvalue weighted by atomic mass is 9.99. The summed E-state index contributed by atoms with van der Waals surface area (Å²) in [5.41, 5.74) is 1.06. The Morgan fingerprint density at radius 1 is 1.53 bits per heavy atom. The molecule has 0 radical (unpaired) electrons. The lowest BCUT2D eigenvalue weighted by molar-refractivity contribution is -0.132. The van der Waals surface area contributed by atoms with Gasteiger partial charge in [0.2, 0.25) is 5.91 Å². The van der Waals surface area contributed by atoms with Gasteiger partial charge in [0.1, 0.15) is 0 Å². The summed E-state index contributed by atoms with van der Waals surface area (Å²) in [6, 6.07) is 0. The van der Waals surface area contributed by atoms with Crippen LogP contribution in [0.5, 0.6) is 0 Å². The van der Waals surface area contributed by atoms with Gasteiger partial charge < -0.3 is 4.90 Å². The number of hydrogen-bond donors (Lipinski definition) is 0. The minimum atomic E-state index is 0.294. The summed E-state index contributed by atoms with van der Waals surface area (Å²) >= 11 is 1.66. The first-order chi connectivity index (χ1) is 8.15. The molecule has 0 spiro atoms. The van der Waals surface area contributed by atoms with Crippen LogP contribution in [0.4, 0.5) is 0 Å². The van der Waals surface area contributed by atoms with E-state index in [-0.39, 0.29) is 0 Å². The maximum absolute atomic E-state index is 12.0. The van der Waals surface area contributed by atoms with Crippen molar-refractivity contribution in [1.82, 2.24) is 9.88 Å². The fourth-order valence-electron chi connectivity index (χ4n) is 2.17. The van der Waals surface area contributed by atoms with Gasteiger partial charge in [0, 0.05) is 24.9 Å². The smallest absolute Gasteiger partial charge is 0.222 e. The number of likely N-dealkylation sites (tertiary alicyclic amines) is 1. The lowest BCUT2D eigenvalue weighted by Gasteiger charge is -2.30. The van der Waals surface area contributed by atoms with E-state index in [1.54, 1.807) is 11.3 Å². The zero-order chi connectivity index (χ0) is 12.3. The summed E-state index contributed by atoms with van der Waals surface area (Å²) in [4.78, 5) is 18.4. The number of amides is 1. The Bertz CT molecular complexity index is 381. The lowest BCUT2D eigenvalue weighted by Crippen LogP contribution is -2.38. The van der Waals surface area contributed by atoms with E-state index in [4.69, 9.17) is 0 Å². The van der Waals surface area contributed by atoms with Crippen LogP contribution in [0.1, 0.15) is 36.9 Å². The van der Waals surface area contributed by atoms with Crippen molar-refractivity contribution in [3.63, 3.8) is 0 Å². The third-order valence-corrected chi connectivity index (χ3v) is 4.22. The van der Waals surface area contributed by atoms with Crippen LogP contribution in [-0.4, -0.2) is 28.9 Å². The molecule has 94 valence electrons. The van der Waals surface area contributed by atoms with E-state index in [2.05, 4.69) is 17.3 Å². The highest BCUT2D eigenvalue weighted by Gasteiger charge is 2.19. The normalized spacial score (nSPS) is 17.4.